The van der Waals surface area contributed by atoms with Crippen LogP contribution in [0.1, 0.15) is 12.8 Å². The molecule has 1 aliphatic heterocycles. The molecule has 0 aliphatic carbocycles. The van der Waals surface area contributed by atoms with Crippen LogP contribution in [0.5, 0.6) is 0 Å². The van der Waals surface area contributed by atoms with E-state index in [0.717, 1.165) is 25.1 Å². The molecule has 2 rings (SSSR count). The molecule has 0 spiro atoms. The van der Waals surface area contributed by atoms with Gasteiger partial charge in [-0.3, -0.25) is 10.1 Å². The molecule has 0 radical (unpaired) electrons. The van der Waals surface area contributed by atoms with E-state index in [1.54, 1.807) is 12.1 Å². The fourth-order valence-corrected chi connectivity index (χ4v) is 2.25. The van der Waals surface area contributed by atoms with E-state index in [1.165, 1.54) is 6.07 Å². The molecule has 0 bridgehead atoms. The second-order valence-corrected chi connectivity index (χ2v) is 4.17. The molecule has 1 atom stereocenters. The van der Waals surface area contributed by atoms with Crippen LogP contribution < -0.4 is 10.6 Å². The Balaban J connectivity index is 2.28. The summed E-state index contributed by atoms with van der Waals surface area (Å²) >= 11 is 0. The van der Waals surface area contributed by atoms with Crippen molar-refractivity contribution in [2.24, 2.45) is 0 Å². The van der Waals surface area contributed by atoms with Crippen molar-refractivity contribution >= 4 is 17.1 Å². The topological polar surface area (TPSA) is 92.6 Å². The molecule has 1 aromatic rings. The molecule has 1 heterocycles. The molecule has 1 aliphatic rings. The maximum absolute atomic E-state index is 10.6. The lowest BCUT2D eigenvalue weighted by atomic mass is 10.2. The first-order valence-corrected chi connectivity index (χ1v) is 5.55. The van der Waals surface area contributed by atoms with E-state index in [4.69, 9.17) is 5.73 Å². The maximum atomic E-state index is 10.6. The fourth-order valence-electron chi connectivity index (χ4n) is 2.25. The van der Waals surface area contributed by atoms with Crippen LogP contribution in [-0.2, 0) is 0 Å². The van der Waals surface area contributed by atoms with Gasteiger partial charge in [-0.1, -0.05) is 0 Å². The summed E-state index contributed by atoms with van der Waals surface area (Å²) in [5.41, 5.74) is 6.57. The minimum absolute atomic E-state index is 0.0755. The van der Waals surface area contributed by atoms with Crippen molar-refractivity contribution in [3.05, 3.63) is 28.3 Å². The molecular weight excluding hydrogens is 222 g/mol. The minimum atomic E-state index is -0.493. The van der Waals surface area contributed by atoms with Crippen molar-refractivity contribution < 1.29 is 10.0 Å². The highest BCUT2D eigenvalue weighted by Crippen LogP contribution is 2.31. The SMILES string of the molecule is Nc1cc(N2CCC[C@H]2CO)ccc1[N+](=O)[O-]. The van der Waals surface area contributed by atoms with Gasteiger partial charge >= 0.3 is 0 Å². The number of hydrogen-bond acceptors (Lipinski definition) is 5. The maximum Gasteiger partial charge on any atom is 0.292 e. The first-order valence-electron chi connectivity index (χ1n) is 5.55. The van der Waals surface area contributed by atoms with Crippen LogP contribution in [0.15, 0.2) is 18.2 Å². The first kappa shape index (κ1) is 11.7. The zero-order chi connectivity index (χ0) is 12.4. The highest BCUT2D eigenvalue weighted by atomic mass is 16.6. The normalized spacial score (nSPS) is 19.6. The summed E-state index contributed by atoms with van der Waals surface area (Å²) in [6, 6.07) is 4.79. The zero-order valence-electron chi connectivity index (χ0n) is 9.37. The Kier molecular flexibility index (Phi) is 3.14. The molecular formula is C11H15N3O3. The third kappa shape index (κ3) is 2.16. The molecule has 92 valence electrons. The zero-order valence-corrected chi connectivity index (χ0v) is 9.37. The number of hydrogen-bond donors (Lipinski definition) is 2. The molecule has 0 saturated carbocycles. The number of rotatable bonds is 3. The van der Waals surface area contributed by atoms with Crippen LogP contribution in [0.2, 0.25) is 0 Å². The standard InChI is InChI=1S/C11H15N3O3/c12-10-6-8(3-4-11(10)14(16)17)13-5-1-2-9(13)7-15/h3-4,6,9,15H,1-2,5,7,12H2/t9-/m0/s1. The largest absolute Gasteiger partial charge is 0.394 e. The van der Waals surface area contributed by atoms with Gasteiger partial charge in [0.1, 0.15) is 5.69 Å². The van der Waals surface area contributed by atoms with Crippen LogP contribution in [-0.4, -0.2) is 29.2 Å². The highest BCUT2D eigenvalue weighted by Gasteiger charge is 2.25. The number of nitro groups is 1. The van der Waals surface area contributed by atoms with Crippen molar-refractivity contribution in [2.75, 3.05) is 23.8 Å². The average Bonchev–Trinajstić information content (AvgIpc) is 2.76. The number of anilines is 2. The average molecular weight is 237 g/mol. The van der Waals surface area contributed by atoms with E-state index in [9.17, 15) is 15.2 Å². The lowest BCUT2D eigenvalue weighted by Gasteiger charge is -2.25. The van der Waals surface area contributed by atoms with E-state index in [2.05, 4.69) is 0 Å². The number of nitrogens with two attached hydrogens (primary N) is 1. The van der Waals surface area contributed by atoms with Gasteiger partial charge in [-0.2, -0.15) is 0 Å². The van der Waals surface area contributed by atoms with Gasteiger partial charge < -0.3 is 15.7 Å². The number of nitrogens with zero attached hydrogens (tertiary/aromatic N) is 2. The fraction of sp³-hybridized carbons (Fsp3) is 0.455. The van der Waals surface area contributed by atoms with Crippen LogP contribution in [0.3, 0.4) is 0 Å². The van der Waals surface area contributed by atoms with Crippen molar-refractivity contribution in [3.8, 4) is 0 Å². The lowest BCUT2D eigenvalue weighted by Crippen LogP contribution is -2.32. The molecule has 17 heavy (non-hydrogen) atoms. The van der Waals surface area contributed by atoms with Gasteiger partial charge in [0, 0.05) is 18.3 Å². The third-order valence-electron chi connectivity index (χ3n) is 3.13. The molecule has 1 aromatic carbocycles. The summed E-state index contributed by atoms with van der Waals surface area (Å²) in [6.45, 7) is 0.944. The molecule has 6 heteroatoms. The number of benzene rings is 1. The Labute approximate surface area is 98.8 Å². The summed E-state index contributed by atoms with van der Waals surface area (Å²) < 4.78 is 0. The minimum Gasteiger partial charge on any atom is -0.394 e. The Morgan fingerprint density at radius 3 is 2.94 bits per heavy atom. The Bertz CT molecular complexity index is 436. The quantitative estimate of drug-likeness (QED) is 0.467. The molecule has 1 saturated heterocycles. The third-order valence-corrected chi connectivity index (χ3v) is 3.13. The summed E-state index contributed by atoms with van der Waals surface area (Å²) in [5.74, 6) is 0. The molecule has 3 N–H and O–H groups in total. The van der Waals surface area contributed by atoms with E-state index in [0.29, 0.717) is 0 Å². The van der Waals surface area contributed by atoms with Crippen molar-refractivity contribution in [3.63, 3.8) is 0 Å². The van der Waals surface area contributed by atoms with Gasteiger partial charge in [0.05, 0.1) is 17.6 Å². The second kappa shape index (κ2) is 4.58. The molecule has 0 unspecified atom stereocenters. The van der Waals surface area contributed by atoms with Crippen LogP contribution in [0.25, 0.3) is 0 Å². The van der Waals surface area contributed by atoms with Gasteiger partial charge in [-0.05, 0) is 25.0 Å². The summed E-state index contributed by atoms with van der Waals surface area (Å²) in [5, 5.41) is 19.9. The van der Waals surface area contributed by atoms with E-state index >= 15 is 0 Å². The summed E-state index contributed by atoms with van der Waals surface area (Å²) in [4.78, 5) is 12.2. The van der Waals surface area contributed by atoms with E-state index in [-0.39, 0.29) is 24.0 Å². The number of aliphatic hydroxyl groups excluding tert-OH is 1. The van der Waals surface area contributed by atoms with Gasteiger partial charge in [-0.25, -0.2) is 0 Å². The van der Waals surface area contributed by atoms with Crippen molar-refractivity contribution in [1.29, 1.82) is 0 Å². The smallest absolute Gasteiger partial charge is 0.292 e. The number of aliphatic hydroxyl groups is 1. The predicted octanol–water partition coefficient (Wildman–Crippen LogP) is 1.14. The first-order chi connectivity index (χ1) is 8.13. The molecule has 0 amide bonds. The Morgan fingerprint density at radius 2 is 2.35 bits per heavy atom. The van der Waals surface area contributed by atoms with Crippen LogP contribution in [0, 0.1) is 10.1 Å². The Hall–Kier alpha value is -1.82. The molecule has 0 aromatic heterocycles. The predicted molar refractivity (Wildman–Crippen MR) is 65.0 cm³/mol. The van der Waals surface area contributed by atoms with Gasteiger partial charge in [0.15, 0.2) is 0 Å². The summed E-state index contributed by atoms with van der Waals surface area (Å²) in [7, 11) is 0. The molecule has 1 fully saturated rings. The van der Waals surface area contributed by atoms with Gasteiger partial charge in [-0.15, -0.1) is 0 Å². The van der Waals surface area contributed by atoms with Crippen LogP contribution in [0.4, 0.5) is 17.1 Å². The monoisotopic (exact) mass is 237 g/mol. The highest BCUT2D eigenvalue weighted by molar-refractivity contribution is 5.67. The van der Waals surface area contributed by atoms with Crippen molar-refractivity contribution in [1.82, 2.24) is 0 Å². The van der Waals surface area contributed by atoms with E-state index in [1.807, 2.05) is 4.90 Å². The van der Waals surface area contributed by atoms with Gasteiger partial charge in [0.2, 0.25) is 0 Å². The van der Waals surface area contributed by atoms with Gasteiger partial charge in [0.25, 0.3) is 5.69 Å². The van der Waals surface area contributed by atoms with Crippen LogP contribution >= 0.6 is 0 Å². The van der Waals surface area contributed by atoms with E-state index < -0.39 is 4.92 Å². The summed E-state index contributed by atoms with van der Waals surface area (Å²) in [6.07, 6.45) is 1.95. The number of nitro benzene ring substituents is 1. The molecule has 6 nitrogen and oxygen atoms in total. The number of nitrogen functional groups attached to an aromatic ring is 1. The van der Waals surface area contributed by atoms with Crippen molar-refractivity contribution in [2.45, 2.75) is 18.9 Å². The lowest BCUT2D eigenvalue weighted by molar-refractivity contribution is -0.383. The Morgan fingerprint density at radius 1 is 1.59 bits per heavy atom. The second-order valence-electron chi connectivity index (χ2n) is 4.17.